The lowest BCUT2D eigenvalue weighted by atomic mass is 9.90. The number of hydrogen-bond donors (Lipinski definition) is 1. The van der Waals surface area contributed by atoms with Gasteiger partial charge < -0.3 is 24.8 Å². The average Bonchev–Trinajstić information content (AvgIpc) is 3.24. The first-order chi connectivity index (χ1) is 18.1. The first kappa shape index (κ1) is 27.6. The zero-order valence-corrected chi connectivity index (χ0v) is 23.1. The molecular formula is C28H40N6O4. The van der Waals surface area contributed by atoms with E-state index in [1.54, 1.807) is 30.5 Å². The highest BCUT2D eigenvalue weighted by Gasteiger charge is 2.30. The van der Waals surface area contributed by atoms with E-state index in [0.29, 0.717) is 56.6 Å². The Morgan fingerprint density at radius 1 is 1.18 bits per heavy atom. The molecule has 2 aliphatic rings. The minimum absolute atomic E-state index is 0.188. The predicted molar refractivity (Wildman–Crippen MR) is 147 cm³/mol. The van der Waals surface area contributed by atoms with Crippen LogP contribution in [0.2, 0.25) is 0 Å². The number of carbonyl (C=O) groups is 1. The van der Waals surface area contributed by atoms with E-state index in [1.165, 1.54) is 0 Å². The number of aromatic nitrogens is 3. The van der Waals surface area contributed by atoms with E-state index in [2.05, 4.69) is 17.0 Å². The van der Waals surface area contributed by atoms with E-state index in [0.717, 1.165) is 35.4 Å². The Bertz CT molecular complexity index is 1160. The number of ether oxygens (including phenoxy) is 3. The van der Waals surface area contributed by atoms with Gasteiger partial charge >= 0.3 is 6.09 Å². The molecule has 2 aromatic heterocycles. The number of likely N-dealkylation sites (tertiary alicyclic amines) is 1. The molecule has 0 aromatic carbocycles. The lowest BCUT2D eigenvalue weighted by molar-refractivity contribution is 0.0163. The Kier molecular flexibility index (Phi) is 8.71. The number of nitrogens with two attached hydrogens (primary N) is 1. The number of nitrogens with zero attached hydrogens (tertiary/aromatic N) is 5. The molecule has 4 rings (SSSR count). The number of hydrogen-bond acceptors (Lipinski definition) is 8. The van der Waals surface area contributed by atoms with Crippen molar-refractivity contribution < 1.29 is 19.0 Å². The summed E-state index contributed by atoms with van der Waals surface area (Å²) >= 11 is 0. The van der Waals surface area contributed by atoms with Crippen LogP contribution in [-0.2, 0) is 9.47 Å². The van der Waals surface area contributed by atoms with Crippen molar-refractivity contribution in [3.8, 4) is 5.88 Å². The van der Waals surface area contributed by atoms with E-state index in [9.17, 15) is 4.79 Å². The number of rotatable bonds is 5. The Hall–Kier alpha value is -3.40. The summed E-state index contributed by atoms with van der Waals surface area (Å²) in [6.07, 6.45) is 8.43. The molecule has 2 aliphatic heterocycles. The second-order valence-electron chi connectivity index (χ2n) is 10.9. The SMILES string of the molecule is COc1ccc(C(N)=C2CCOCCC2=Nc2cnn(C(C)C3CCN(C(=O)OC(C)(C)C)CC3)c2)cn1. The van der Waals surface area contributed by atoms with Gasteiger partial charge in [0, 0.05) is 48.7 Å². The lowest BCUT2D eigenvalue weighted by Crippen LogP contribution is -2.42. The molecule has 2 fully saturated rings. The molecule has 2 N–H and O–H groups in total. The maximum atomic E-state index is 12.4. The zero-order valence-electron chi connectivity index (χ0n) is 23.1. The molecule has 0 bridgehead atoms. The van der Waals surface area contributed by atoms with Crippen molar-refractivity contribution in [3.05, 3.63) is 41.9 Å². The molecule has 1 atom stereocenters. The van der Waals surface area contributed by atoms with Crippen molar-refractivity contribution in [2.24, 2.45) is 16.6 Å². The Morgan fingerprint density at radius 2 is 1.92 bits per heavy atom. The van der Waals surface area contributed by atoms with Gasteiger partial charge in [0.05, 0.1) is 38.8 Å². The summed E-state index contributed by atoms with van der Waals surface area (Å²) < 4.78 is 18.4. The highest BCUT2D eigenvalue weighted by molar-refractivity contribution is 6.07. The van der Waals surface area contributed by atoms with Crippen LogP contribution in [0, 0.1) is 5.92 Å². The number of carbonyl (C=O) groups excluding carboxylic acids is 1. The van der Waals surface area contributed by atoms with Crippen LogP contribution in [0.15, 0.2) is 41.3 Å². The number of pyridine rings is 1. The normalized spacial score (nSPS) is 20.7. The molecule has 0 saturated carbocycles. The first-order valence-corrected chi connectivity index (χ1v) is 13.3. The molecular weight excluding hydrogens is 484 g/mol. The van der Waals surface area contributed by atoms with Crippen LogP contribution >= 0.6 is 0 Å². The van der Waals surface area contributed by atoms with Gasteiger partial charge in [-0.1, -0.05) is 0 Å². The Labute approximate surface area is 224 Å². The van der Waals surface area contributed by atoms with Crippen molar-refractivity contribution in [2.45, 2.75) is 65.0 Å². The molecule has 38 heavy (non-hydrogen) atoms. The van der Waals surface area contributed by atoms with E-state index < -0.39 is 5.60 Å². The number of amides is 1. The first-order valence-electron chi connectivity index (χ1n) is 13.3. The second-order valence-corrected chi connectivity index (χ2v) is 10.9. The molecule has 2 saturated heterocycles. The second kappa shape index (κ2) is 12.0. The van der Waals surface area contributed by atoms with Crippen LogP contribution in [0.5, 0.6) is 5.88 Å². The summed E-state index contributed by atoms with van der Waals surface area (Å²) in [5, 5.41) is 4.63. The van der Waals surface area contributed by atoms with Crippen LogP contribution < -0.4 is 10.5 Å². The maximum Gasteiger partial charge on any atom is 0.410 e. The molecule has 206 valence electrons. The van der Waals surface area contributed by atoms with Crippen LogP contribution in [-0.4, -0.2) is 70.5 Å². The fourth-order valence-corrected chi connectivity index (χ4v) is 4.86. The highest BCUT2D eigenvalue weighted by Crippen LogP contribution is 2.31. The monoisotopic (exact) mass is 524 g/mol. The van der Waals surface area contributed by atoms with Gasteiger partial charge in [-0.3, -0.25) is 4.68 Å². The van der Waals surface area contributed by atoms with E-state index >= 15 is 0 Å². The fourth-order valence-electron chi connectivity index (χ4n) is 4.86. The summed E-state index contributed by atoms with van der Waals surface area (Å²) in [7, 11) is 1.59. The van der Waals surface area contributed by atoms with E-state index in [-0.39, 0.29) is 12.1 Å². The standard InChI is InChI=1S/C28H40N6O4/c1-19(20-8-12-33(13-9-20)27(35)38-28(2,3)4)34-18-22(17-31-34)32-24-11-15-37-14-10-23(24)26(29)21-6-7-25(36-5)30-16-21/h6-7,16-20H,8-15,29H2,1-5H3. The van der Waals surface area contributed by atoms with Gasteiger partial charge in [-0.05, 0) is 64.5 Å². The van der Waals surface area contributed by atoms with Gasteiger partial charge in [0.1, 0.15) is 11.3 Å². The summed E-state index contributed by atoms with van der Waals surface area (Å²) in [4.78, 5) is 23.5. The van der Waals surface area contributed by atoms with Gasteiger partial charge in [-0.15, -0.1) is 0 Å². The summed E-state index contributed by atoms with van der Waals surface area (Å²) in [6.45, 7) is 10.4. The lowest BCUT2D eigenvalue weighted by Gasteiger charge is -2.35. The largest absolute Gasteiger partial charge is 0.481 e. The Morgan fingerprint density at radius 3 is 2.58 bits per heavy atom. The molecule has 0 radical (unpaired) electrons. The third-order valence-corrected chi connectivity index (χ3v) is 7.05. The predicted octanol–water partition coefficient (Wildman–Crippen LogP) is 4.75. The minimum Gasteiger partial charge on any atom is -0.481 e. The van der Waals surface area contributed by atoms with Crippen molar-refractivity contribution in [2.75, 3.05) is 33.4 Å². The van der Waals surface area contributed by atoms with Gasteiger partial charge in [0.15, 0.2) is 0 Å². The van der Waals surface area contributed by atoms with Crippen LogP contribution in [0.4, 0.5) is 10.5 Å². The van der Waals surface area contributed by atoms with Gasteiger partial charge in [0.2, 0.25) is 5.88 Å². The third kappa shape index (κ3) is 6.92. The quantitative estimate of drug-likeness (QED) is 0.600. The van der Waals surface area contributed by atoms with Crippen LogP contribution in [0.1, 0.15) is 65.0 Å². The van der Waals surface area contributed by atoms with Crippen molar-refractivity contribution in [1.82, 2.24) is 19.7 Å². The molecule has 2 aromatic rings. The highest BCUT2D eigenvalue weighted by atomic mass is 16.6. The van der Waals surface area contributed by atoms with Crippen molar-refractivity contribution in [3.63, 3.8) is 0 Å². The zero-order chi connectivity index (χ0) is 27.3. The number of aliphatic imine (C=N–C) groups is 1. The van der Waals surface area contributed by atoms with Crippen LogP contribution in [0.25, 0.3) is 5.70 Å². The van der Waals surface area contributed by atoms with Gasteiger partial charge in [-0.25, -0.2) is 14.8 Å². The minimum atomic E-state index is -0.483. The van der Waals surface area contributed by atoms with E-state index in [4.69, 9.17) is 24.9 Å². The van der Waals surface area contributed by atoms with E-state index in [1.807, 2.05) is 37.7 Å². The molecule has 4 heterocycles. The van der Waals surface area contributed by atoms with Crippen molar-refractivity contribution in [1.29, 1.82) is 0 Å². The maximum absolute atomic E-state index is 12.4. The third-order valence-electron chi connectivity index (χ3n) is 7.05. The molecule has 0 aliphatic carbocycles. The molecule has 10 nitrogen and oxygen atoms in total. The Balaban J connectivity index is 1.46. The number of piperidine rings is 1. The molecule has 10 heteroatoms. The summed E-state index contributed by atoms with van der Waals surface area (Å²) in [5.41, 5.74) is 10.3. The van der Waals surface area contributed by atoms with Gasteiger partial charge in [0.25, 0.3) is 0 Å². The molecule has 0 spiro atoms. The van der Waals surface area contributed by atoms with Crippen LogP contribution in [0.3, 0.4) is 0 Å². The molecule has 1 unspecified atom stereocenters. The molecule has 1 amide bonds. The van der Waals surface area contributed by atoms with Crippen molar-refractivity contribution >= 4 is 23.2 Å². The summed E-state index contributed by atoms with van der Waals surface area (Å²) in [5.74, 6) is 0.954. The number of methoxy groups -OCH3 is 1. The van der Waals surface area contributed by atoms with Gasteiger partial charge in [-0.2, -0.15) is 5.10 Å². The smallest absolute Gasteiger partial charge is 0.410 e. The fraction of sp³-hybridized carbons (Fsp3) is 0.571. The summed E-state index contributed by atoms with van der Waals surface area (Å²) in [6, 6.07) is 3.90. The average molecular weight is 525 g/mol. The topological polar surface area (TPSA) is 117 Å².